The van der Waals surface area contributed by atoms with Crippen LogP contribution >= 0.6 is 0 Å². The Labute approximate surface area is 103 Å². The molecule has 0 saturated carbocycles. The first-order valence-corrected chi connectivity index (χ1v) is 7.40. The van der Waals surface area contributed by atoms with Crippen molar-refractivity contribution < 1.29 is 13.2 Å². The fraction of sp³-hybridized carbons (Fsp3) is 0.500. The predicted octanol–water partition coefficient (Wildman–Crippen LogP) is 1.48. The van der Waals surface area contributed by atoms with E-state index in [2.05, 4.69) is 0 Å². The summed E-state index contributed by atoms with van der Waals surface area (Å²) in [7, 11) is -1.53. The van der Waals surface area contributed by atoms with E-state index in [1.54, 1.807) is 12.1 Å². The molecule has 0 spiro atoms. The number of sulfone groups is 1. The molecular weight excluding hydrogens is 238 g/mol. The molecular formula is C12H19NO3S. The molecule has 0 amide bonds. The maximum atomic E-state index is 11.8. The standard InChI is InChI=1S/C12H19NO3S/c1-3-6-17(14,15)9-11-7-10(8-13)4-5-12(11)16-2/h4-5,7H,3,6,8-9,13H2,1-2H3. The lowest BCUT2D eigenvalue weighted by atomic mass is 10.1. The fourth-order valence-electron chi connectivity index (χ4n) is 1.69. The van der Waals surface area contributed by atoms with Gasteiger partial charge in [0.2, 0.25) is 0 Å². The molecule has 1 aromatic rings. The summed E-state index contributed by atoms with van der Waals surface area (Å²) in [5.74, 6) is 0.808. The maximum absolute atomic E-state index is 11.8. The Morgan fingerprint density at radius 2 is 2.06 bits per heavy atom. The van der Waals surface area contributed by atoms with Crippen molar-refractivity contribution in [2.24, 2.45) is 5.73 Å². The van der Waals surface area contributed by atoms with E-state index < -0.39 is 9.84 Å². The van der Waals surface area contributed by atoms with Gasteiger partial charge in [-0.25, -0.2) is 8.42 Å². The van der Waals surface area contributed by atoms with Gasteiger partial charge in [0.05, 0.1) is 18.6 Å². The van der Waals surface area contributed by atoms with Crippen LogP contribution in [0.25, 0.3) is 0 Å². The second-order valence-electron chi connectivity index (χ2n) is 3.94. The molecule has 17 heavy (non-hydrogen) atoms. The first-order valence-electron chi connectivity index (χ1n) is 5.58. The van der Waals surface area contributed by atoms with Crippen LogP contribution in [0, 0.1) is 0 Å². The Balaban J connectivity index is 3.03. The minimum absolute atomic E-state index is 0.0118. The molecule has 1 rings (SSSR count). The molecule has 0 aromatic heterocycles. The maximum Gasteiger partial charge on any atom is 0.154 e. The van der Waals surface area contributed by atoms with E-state index in [4.69, 9.17) is 10.5 Å². The van der Waals surface area contributed by atoms with Gasteiger partial charge in [0, 0.05) is 12.1 Å². The van der Waals surface area contributed by atoms with E-state index in [0.717, 1.165) is 5.56 Å². The normalized spacial score (nSPS) is 11.5. The average Bonchev–Trinajstić information content (AvgIpc) is 2.28. The van der Waals surface area contributed by atoms with Gasteiger partial charge in [-0.1, -0.05) is 13.0 Å². The number of benzene rings is 1. The van der Waals surface area contributed by atoms with E-state index in [-0.39, 0.29) is 11.5 Å². The van der Waals surface area contributed by atoms with Crippen molar-refractivity contribution in [3.8, 4) is 5.75 Å². The van der Waals surface area contributed by atoms with Crippen LogP contribution in [0.3, 0.4) is 0 Å². The average molecular weight is 257 g/mol. The highest BCUT2D eigenvalue weighted by Crippen LogP contribution is 2.22. The zero-order chi connectivity index (χ0) is 12.9. The smallest absolute Gasteiger partial charge is 0.154 e. The lowest BCUT2D eigenvalue weighted by Gasteiger charge is -2.10. The Bertz CT molecular complexity index is 469. The molecule has 4 nitrogen and oxygen atoms in total. The lowest BCUT2D eigenvalue weighted by Crippen LogP contribution is -2.10. The number of methoxy groups -OCH3 is 1. The quantitative estimate of drug-likeness (QED) is 0.838. The van der Waals surface area contributed by atoms with Crippen molar-refractivity contribution in [2.75, 3.05) is 12.9 Å². The third-order valence-corrected chi connectivity index (χ3v) is 4.25. The van der Waals surface area contributed by atoms with E-state index in [0.29, 0.717) is 24.3 Å². The monoisotopic (exact) mass is 257 g/mol. The van der Waals surface area contributed by atoms with Crippen molar-refractivity contribution >= 4 is 9.84 Å². The molecule has 2 N–H and O–H groups in total. The van der Waals surface area contributed by atoms with Crippen molar-refractivity contribution in [2.45, 2.75) is 25.6 Å². The number of hydrogen-bond acceptors (Lipinski definition) is 4. The van der Waals surface area contributed by atoms with Gasteiger partial charge in [0.25, 0.3) is 0 Å². The summed E-state index contributed by atoms with van der Waals surface area (Å²) in [6, 6.07) is 5.40. The van der Waals surface area contributed by atoms with Crippen molar-refractivity contribution in [3.63, 3.8) is 0 Å². The molecule has 0 heterocycles. The Hall–Kier alpha value is -1.07. The minimum Gasteiger partial charge on any atom is -0.496 e. The molecule has 0 unspecified atom stereocenters. The third-order valence-electron chi connectivity index (χ3n) is 2.47. The van der Waals surface area contributed by atoms with Gasteiger partial charge in [0.1, 0.15) is 5.75 Å². The van der Waals surface area contributed by atoms with Gasteiger partial charge < -0.3 is 10.5 Å². The Morgan fingerprint density at radius 1 is 1.35 bits per heavy atom. The highest BCUT2D eigenvalue weighted by atomic mass is 32.2. The highest BCUT2D eigenvalue weighted by molar-refractivity contribution is 7.90. The topological polar surface area (TPSA) is 69.4 Å². The van der Waals surface area contributed by atoms with E-state index >= 15 is 0 Å². The van der Waals surface area contributed by atoms with Gasteiger partial charge in [-0.3, -0.25) is 0 Å². The van der Waals surface area contributed by atoms with Crippen LogP contribution in [0.4, 0.5) is 0 Å². The first kappa shape index (κ1) is 14.0. The zero-order valence-corrected chi connectivity index (χ0v) is 11.1. The summed E-state index contributed by atoms with van der Waals surface area (Å²) in [5.41, 5.74) is 7.14. The third kappa shape index (κ3) is 4.02. The summed E-state index contributed by atoms with van der Waals surface area (Å²) in [4.78, 5) is 0. The predicted molar refractivity (Wildman–Crippen MR) is 68.7 cm³/mol. The van der Waals surface area contributed by atoms with Gasteiger partial charge in [-0.15, -0.1) is 0 Å². The second-order valence-corrected chi connectivity index (χ2v) is 6.13. The van der Waals surface area contributed by atoms with Crippen LogP contribution in [0.15, 0.2) is 18.2 Å². The van der Waals surface area contributed by atoms with Gasteiger partial charge in [0.15, 0.2) is 9.84 Å². The largest absolute Gasteiger partial charge is 0.496 e. The van der Waals surface area contributed by atoms with Crippen LogP contribution in [0.2, 0.25) is 0 Å². The summed E-state index contributed by atoms with van der Waals surface area (Å²) >= 11 is 0. The molecule has 0 aliphatic rings. The highest BCUT2D eigenvalue weighted by Gasteiger charge is 2.14. The molecule has 0 aliphatic heterocycles. The molecule has 1 aromatic carbocycles. The van der Waals surface area contributed by atoms with E-state index in [1.165, 1.54) is 7.11 Å². The summed E-state index contributed by atoms with van der Waals surface area (Å²) < 4.78 is 28.7. The first-order chi connectivity index (χ1) is 8.02. The zero-order valence-electron chi connectivity index (χ0n) is 10.3. The molecule has 0 aliphatic carbocycles. The van der Waals surface area contributed by atoms with Crippen molar-refractivity contribution in [3.05, 3.63) is 29.3 Å². The molecule has 96 valence electrons. The van der Waals surface area contributed by atoms with Gasteiger partial charge in [-0.2, -0.15) is 0 Å². The summed E-state index contributed by atoms with van der Waals surface area (Å²) in [6.45, 7) is 2.25. The van der Waals surface area contributed by atoms with Gasteiger partial charge in [-0.05, 0) is 24.1 Å². The molecule has 0 fully saturated rings. The Kier molecular flexibility index (Phi) is 4.96. The lowest BCUT2D eigenvalue weighted by molar-refractivity contribution is 0.410. The van der Waals surface area contributed by atoms with Crippen LogP contribution in [-0.4, -0.2) is 21.3 Å². The minimum atomic E-state index is -3.06. The summed E-state index contributed by atoms with van der Waals surface area (Å²) in [5, 5.41) is 0. The number of ether oxygens (including phenoxy) is 1. The second kappa shape index (κ2) is 6.02. The van der Waals surface area contributed by atoms with Crippen molar-refractivity contribution in [1.29, 1.82) is 0 Å². The number of hydrogen-bond donors (Lipinski definition) is 1. The molecule has 0 atom stereocenters. The van der Waals surface area contributed by atoms with E-state index in [9.17, 15) is 8.42 Å². The summed E-state index contributed by atoms with van der Waals surface area (Å²) in [6.07, 6.45) is 0.626. The van der Waals surface area contributed by atoms with Crippen molar-refractivity contribution in [1.82, 2.24) is 0 Å². The molecule has 0 radical (unpaired) electrons. The molecule has 0 bridgehead atoms. The number of rotatable bonds is 6. The number of nitrogens with two attached hydrogens (primary N) is 1. The molecule has 0 saturated heterocycles. The van der Waals surface area contributed by atoms with Crippen LogP contribution in [-0.2, 0) is 22.1 Å². The SMILES string of the molecule is CCCS(=O)(=O)Cc1cc(CN)ccc1OC. The van der Waals surface area contributed by atoms with Crippen LogP contribution in [0.1, 0.15) is 24.5 Å². The van der Waals surface area contributed by atoms with Gasteiger partial charge >= 0.3 is 0 Å². The van der Waals surface area contributed by atoms with Crippen LogP contribution < -0.4 is 10.5 Å². The fourth-order valence-corrected chi connectivity index (χ4v) is 3.16. The van der Waals surface area contributed by atoms with Crippen LogP contribution in [0.5, 0.6) is 5.75 Å². The van der Waals surface area contributed by atoms with E-state index in [1.807, 2.05) is 13.0 Å². The Morgan fingerprint density at radius 3 is 2.59 bits per heavy atom. The molecule has 5 heteroatoms.